The average Bonchev–Trinajstić information content (AvgIpc) is 2.83. The Morgan fingerprint density at radius 2 is 1.53 bits per heavy atom. The fraction of sp³-hybridized carbons (Fsp3) is 0.120. The van der Waals surface area contributed by atoms with Crippen LogP contribution in [-0.4, -0.2) is 27.8 Å². The minimum Gasteiger partial charge on any atom is -0.374 e. The molecule has 0 saturated heterocycles. The number of rotatable bonds is 8. The lowest BCUT2D eigenvalue weighted by molar-refractivity contribution is 0.108. The van der Waals surface area contributed by atoms with Gasteiger partial charge in [0.25, 0.3) is 0 Å². The van der Waals surface area contributed by atoms with Crippen LogP contribution in [0.1, 0.15) is 22.9 Å². The van der Waals surface area contributed by atoms with Crippen LogP contribution < -0.4 is 0 Å². The van der Waals surface area contributed by atoms with E-state index in [-0.39, 0.29) is 6.04 Å². The van der Waals surface area contributed by atoms with Crippen LogP contribution in [0.5, 0.6) is 0 Å². The van der Waals surface area contributed by atoms with Gasteiger partial charge in [-0.2, -0.15) is 0 Å². The molecule has 5 heteroatoms. The molecule has 0 fully saturated rings. The zero-order chi connectivity index (χ0) is 20.4. The first-order chi connectivity index (χ1) is 14.9. The van der Waals surface area contributed by atoms with Gasteiger partial charge in [0, 0.05) is 24.8 Å². The van der Waals surface area contributed by atoms with Crippen molar-refractivity contribution in [1.82, 2.24) is 15.0 Å². The molecule has 0 aliphatic rings. The number of aromatic nitrogens is 3. The summed E-state index contributed by atoms with van der Waals surface area (Å²) in [6, 6.07) is 25.6. The fourth-order valence-corrected chi connectivity index (χ4v) is 2.98. The van der Waals surface area contributed by atoms with Gasteiger partial charge in [-0.05, 0) is 41.5 Å². The van der Waals surface area contributed by atoms with Crippen LogP contribution in [0.25, 0.3) is 11.4 Å². The molecule has 0 bridgehead atoms. The van der Waals surface area contributed by atoms with Gasteiger partial charge in [0.2, 0.25) is 0 Å². The molecule has 1 aromatic carbocycles. The molecule has 0 spiro atoms. The highest BCUT2D eigenvalue weighted by Crippen LogP contribution is 2.19. The van der Waals surface area contributed by atoms with Gasteiger partial charge in [-0.25, -0.2) is 0 Å². The summed E-state index contributed by atoms with van der Waals surface area (Å²) in [5.41, 5.74) is 4.65. The maximum atomic E-state index is 5.98. The van der Waals surface area contributed by atoms with Crippen molar-refractivity contribution in [2.24, 2.45) is 4.99 Å². The largest absolute Gasteiger partial charge is 0.374 e. The molecular weight excluding hydrogens is 372 g/mol. The third kappa shape index (κ3) is 5.43. The first kappa shape index (κ1) is 19.6. The van der Waals surface area contributed by atoms with Gasteiger partial charge in [0.1, 0.15) is 0 Å². The quantitative estimate of drug-likeness (QED) is 0.398. The molecular formula is C25H22N4O. The van der Waals surface area contributed by atoms with Crippen molar-refractivity contribution in [1.29, 1.82) is 0 Å². The lowest BCUT2D eigenvalue weighted by atomic mass is 10.1. The van der Waals surface area contributed by atoms with Crippen molar-refractivity contribution in [2.45, 2.75) is 12.6 Å². The maximum Gasteiger partial charge on any atom is 0.0983 e. The van der Waals surface area contributed by atoms with Crippen LogP contribution in [-0.2, 0) is 11.3 Å². The summed E-state index contributed by atoms with van der Waals surface area (Å²) in [6.45, 7) is 0.938. The number of nitrogens with zero attached hydrogens (tertiary/aromatic N) is 4. The molecule has 3 heterocycles. The smallest absolute Gasteiger partial charge is 0.0983 e. The van der Waals surface area contributed by atoms with E-state index >= 15 is 0 Å². The van der Waals surface area contributed by atoms with Crippen LogP contribution in [0.2, 0.25) is 0 Å². The summed E-state index contributed by atoms with van der Waals surface area (Å²) in [4.78, 5) is 17.8. The summed E-state index contributed by atoms with van der Waals surface area (Å²) < 4.78 is 5.98. The van der Waals surface area contributed by atoms with Gasteiger partial charge in [0.05, 0.1) is 36.3 Å². The van der Waals surface area contributed by atoms with Crippen LogP contribution in [0, 0.1) is 0 Å². The van der Waals surface area contributed by atoms with E-state index in [0.29, 0.717) is 13.2 Å². The second-order valence-corrected chi connectivity index (χ2v) is 6.74. The molecule has 148 valence electrons. The summed E-state index contributed by atoms with van der Waals surface area (Å²) in [5, 5.41) is 0. The Morgan fingerprint density at radius 1 is 0.767 bits per heavy atom. The molecule has 4 rings (SSSR count). The normalized spacial score (nSPS) is 12.1. The van der Waals surface area contributed by atoms with Crippen molar-refractivity contribution in [3.8, 4) is 11.4 Å². The van der Waals surface area contributed by atoms with Crippen molar-refractivity contribution < 1.29 is 4.74 Å². The first-order valence-corrected chi connectivity index (χ1v) is 9.82. The molecule has 0 N–H and O–H groups in total. The summed E-state index contributed by atoms with van der Waals surface area (Å²) in [6.07, 6.45) is 7.16. The number of benzene rings is 1. The Kier molecular flexibility index (Phi) is 6.66. The van der Waals surface area contributed by atoms with Gasteiger partial charge in [-0.15, -0.1) is 0 Å². The monoisotopic (exact) mass is 394 g/mol. The Hall–Kier alpha value is -3.70. The predicted molar refractivity (Wildman–Crippen MR) is 118 cm³/mol. The lowest BCUT2D eigenvalue weighted by Gasteiger charge is -2.13. The van der Waals surface area contributed by atoms with Gasteiger partial charge < -0.3 is 4.74 Å². The van der Waals surface area contributed by atoms with Crippen LogP contribution in [0.3, 0.4) is 0 Å². The standard InChI is InChI=1S/C25H22N4O/c1-2-8-21(9-3-1)25(29-17-22-10-4-6-14-26-22)19-30-18-20-12-13-24(28-16-20)23-11-5-7-15-27-23/h1-17,25H,18-19H2/t25-/m0/s1. The SMILES string of the molecule is C(=N[C@@H](COCc1ccc(-c2ccccn2)nc1)c1ccccc1)c1ccccn1. The molecule has 30 heavy (non-hydrogen) atoms. The highest BCUT2D eigenvalue weighted by Gasteiger charge is 2.10. The van der Waals surface area contributed by atoms with E-state index in [0.717, 1.165) is 28.2 Å². The molecule has 1 atom stereocenters. The molecule has 0 saturated carbocycles. The molecule has 0 aliphatic carbocycles. The topological polar surface area (TPSA) is 60.3 Å². The van der Waals surface area contributed by atoms with E-state index in [9.17, 15) is 0 Å². The van der Waals surface area contributed by atoms with E-state index in [1.54, 1.807) is 18.6 Å². The number of aliphatic imine (C=N–C) groups is 1. The van der Waals surface area contributed by atoms with Gasteiger partial charge in [-0.1, -0.05) is 48.5 Å². The van der Waals surface area contributed by atoms with Crippen molar-refractivity contribution in [2.75, 3.05) is 6.61 Å². The lowest BCUT2D eigenvalue weighted by Crippen LogP contribution is -2.07. The molecule has 0 aliphatic heterocycles. The van der Waals surface area contributed by atoms with E-state index in [1.807, 2.05) is 72.9 Å². The highest BCUT2D eigenvalue weighted by atomic mass is 16.5. The minimum absolute atomic E-state index is 0.103. The minimum atomic E-state index is -0.103. The van der Waals surface area contributed by atoms with Crippen molar-refractivity contribution in [3.63, 3.8) is 0 Å². The summed E-state index contributed by atoms with van der Waals surface area (Å²) in [5.74, 6) is 0. The van der Waals surface area contributed by atoms with E-state index in [4.69, 9.17) is 9.73 Å². The van der Waals surface area contributed by atoms with Gasteiger partial charge >= 0.3 is 0 Å². The van der Waals surface area contributed by atoms with Crippen LogP contribution in [0.4, 0.5) is 0 Å². The molecule has 3 aromatic heterocycles. The maximum absolute atomic E-state index is 5.98. The summed E-state index contributed by atoms with van der Waals surface area (Å²) in [7, 11) is 0. The predicted octanol–water partition coefficient (Wildman–Crippen LogP) is 4.92. The Labute approximate surface area is 176 Å². The Bertz CT molecular complexity index is 1050. The zero-order valence-electron chi connectivity index (χ0n) is 16.5. The molecule has 0 unspecified atom stereocenters. The van der Waals surface area contributed by atoms with Crippen LogP contribution >= 0.6 is 0 Å². The van der Waals surface area contributed by atoms with Gasteiger partial charge in [0.15, 0.2) is 0 Å². The van der Waals surface area contributed by atoms with Crippen molar-refractivity contribution in [3.05, 3.63) is 114 Å². The van der Waals surface area contributed by atoms with E-state index < -0.39 is 0 Å². The number of pyridine rings is 3. The summed E-state index contributed by atoms with van der Waals surface area (Å²) >= 11 is 0. The molecule has 0 amide bonds. The Balaban J connectivity index is 1.39. The molecule has 4 aromatic rings. The van der Waals surface area contributed by atoms with Crippen LogP contribution in [0.15, 0.2) is 102 Å². The highest BCUT2D eigenvalue weighted by molar-refractivity contribution is 5.76. The number of hydrogen-bond acceptors (Lipinski definition) is 5. The average molecular weight is 394 g/mol. The van der Waals surface area contributed by atoms with Crippen molar-refractivity contribution >= 4 is 6.21 Å². The van der Waals surface area contributed by atoms with E-state index in [1.165, 1.54) is 0 Å². The van der Waals surface area contributed by atoms with E-state index in [2.05, 4.69) is 27.1 Å². The molecule has 5 nitrogen and oxygen atoms in total. The number of ether oxygens (including phenoxy) is 1. The first-order valence-electron chi connectivity index (χ1n) is 9.82. The fourth-order valence-electron chi connectivity index (χ4n) is 2.98. The third-order valence-electron chi connectivity index (χ3n) is 4.56. The number of hydrogen-bond donors (Lipinski definition) is 0. The second-order valence-electron chi connectivity index (χ2n) is 6.74. The Morgan fingerprint density at radius 3 is 2.23 bits per heavy atom. The zero-order valence-corrected chi connectivity index (χ0v) is 16.5. The third-order valence-corrected chi connectivity index (χ3v) is 4.56. The molecule has 0 radical (unpaired) electrons. The second kappa shape index (κ2) is 10.2. The van der Waals surface area contributed by atoms with Gasteiger partial charge in [-0.3, -0.25) is 19.9 Å².